The second kappa shape index (κ2) is 12.7. The fourth-order valence-electron chi connectivity index (χ4n) is 6.24. The molecule has 0 amide bonds. The van der Waals surface area contributed by atoms with Crippen molar-refractivity contribution in [1.29, 1.82) is 0 Å². The van der Waals surface area contributed by atoms with Gasteiger partial charge in [0.15, 0.2) is 11.5 Å². The molecule has 1 saturated heterocycles. The van der Waals surface area contributed by atoms with E-state index < -0.39 is 0 Å². The number of ether oxygens (including phenoxy) is 4. The molecule has 3 aromatic rings. The maximum Gasteiger partial charge on any atom is 0.161 e. The number of halogens is 2. The third kappa shape index (κ3) is 6.17. The first kappa shape index (κ1) is 28.5. The van der Waals surface area contributed by atoms with Crippen LogP contribution in [-0.2, 0) is 21.5 Å². The van der Waals surface area contributed by atoms with Crippen molar-refractivity contribution in [1.82, 2.24) is 4.90 Å². The first-order valence-electron chi connectivity index (χ1n) is 14.2. The molecule has 1 unspecified atom stereocenters. The van der Waals surface area contributed by atoms with Gasteiger partial charge in [0.25, 0.3) is 0 Å². The molecule has 5 nitrogen and oxygen atoms in total. The van der Waals surface area contributed by atoms with Gasteiger partial charge in [0.05, 0.1) is 26.4 Å². The minimum Gasteiger partial charge on any atom is -0.493 e. The van der Waals surface area contributed by atoms with Gasteiger partial charge in [0, 0.05) is 13.2 Å². The predicted octanol–water partition coefficient (Wildman–Crippen LogP) is 6.68. The summed E-state index contributed by atoms with van der Waals surface area (Å²) >= 11 is 0. The van der Waals surface area contributed by atoms with Gasteiger partial charge in [-0.1, -0.05) is 24.3 Å². The summed E-state index contributed by atoms with van der Waals surface area (Å²) in [5.41, 5.74) is 3.85. The van der Waals surface area contributed by atoms with Crippen LogP contribution in [0.1, 0.15) is 54.5 Å². The molecule has 2 aliphatic rings. The van der Waals surface area contributed by atoms with Crippen LogP contribution >= 0.6 is 0 Å². The first-order valence-corrected chi connectivity index (χ1v) is 14.2. The van der Waals surface area contributed by atoms with E-state index in [1.807, 2.05) is 0 Å². The standard InChI is InChI=1S/C33H39F2NO4/c1-33(29-22-31(38-3)30(37-2)21-25(29)15-20-40-33)26-13-17-36(18-14-26)16-4-19-39-32(23-5-9-27(34)10-6-23)24-7-11-28(35)12-8-24/h5-12,21-22,26,32H,4,13-20H2,1-3H3. The molecule has 2 heterocycles. The van der Waals surface area contributed by atoms with Gasteiger partial charge in [-0.15, -0.1) is 0 Å². The van der Waals surface area contributed by atoms with Crippen molar-refractivity contribution in [3.63, 3.8) is 0 Å². The molecule has 0 saturated carbocycles. The molecule has 40 heavy (non-hydrogen) atoms. The van der Waals surface area contributed by atoms with Crippen molar-refractivity contribution < 1.29 is 27.7 Å². The highest BCUT2D eigenvalue weighted by molar-refractivity contribution is 5.50. The van der Waals surface area contributed by atoms with E-state index in [0.29, 0.717) is 19.1 Å². The molecule has 7 heteroatoms. The third-order valence-electron chi connectivity index (χ3n) is 8.53. The SMILES string of the molecule is COc1cc2c(cc1OC)C(C)(C1CCN(CCCOC(c3ccc(F)cc3)c3ccc(F)cc3)CC1)OCC2. The van der Waals surface area contributed by atoms with Crippen LogP contribution in [0.4, 0.5) is 8.78 Å². The largest absolute Gasteiger partial charge is 0.493 e. The minimum absolute atomic E-state index is 0.292. The number of hydrogen-bond donors (Lipinski definition) is 0. The molecule has 0 bridgehead atoms. The third-order valence-corrected chi connectivity index (χ3v) is 8.53. The smallest absolute Gasteiger partial charge is 0.161 e. The van der Waals surface area contributed by atoms with E-state index in [1.54, 1.807) is 38.5 Å². The average molecular weight is 552 g/mol. The van der Waals surface area contributed by atoms with Crippen LogP contribution < -0.4 is 9.47 Å². The molecule has 214 valence electrons. The topological polar surface area (TPSA) is 40.2 Å². The number of rotatable bonds is 10. The van der Waals surface area contributed by atoms with Crippen molar-refractivity contribution in [2.75, 3.05) is 47.1 Å². The van der Waals surface area contributed by atoms with Crippen LogP contribution in [0.5, 0.6) is 11.5 Å². The summed E-state index contributed by atoms with van der Waals surface area (Å²) in [6, 6.07) is 16.9. The van der Waals surface area contributed by atoms with Gasteiger partial charge in [0.2, 0.25) is 0 Å². The van der Waals surface area contributed by atoms with E-state index in [4.69, 9.17) is 18.9 Å². The van der Waals surface area contributed by atoms with E-state index >= 15 is 0 Å². The summed E-state index contributed by atoms with van der Waals surface area (Å²) < 4.78 is 50.9. The lowest BCUT2D eigenvalue weighted by molar-refractivity contribution is -0.104. The Kier molecular flexibility index (Phi) is 9.03. The van der Waals surface area contributed by atoms with Crippen molar-refractivity contribution in [2.45, 2.75) is 44.3 Å². The summed E-state index contributed by atoms with van der Waals surface area (Å²) in [6.07, 6.45) is 3.49. The fraction of sp³-hybridized carbons (Fsp3) is 0.455. The molecule has 0 spiro atoms. The van der Waals surface area contributed by atoms with Crippen molar-refractivity contribution in [2.24, 2.45) is 5.92 Å². The summed E-state index contributed by atoms with van der Waals surface area (Å²) in [4.78, 5) is 2.49. The lowest BCUT2D eigenvalue weighted by Gasteiger charge is -2.45. The van der Waals surface area contributed by atoms with Gasteiger partial charge in [0.1, 0.15) is 17.7 Å². The second-order valence-corrected chi connectivity index (χ2v) is 10.9. The Hall–Kier alpha value is -3.00. The van der Waals surface area contributed by atoms with Crippen LogP contribution in [0.3, 0.4) is 0 Å². The molecule has 5 rings (SSSR count). The van der Waals surface area contributed by atoms with E-state index in [9.17, 15) is 8.78 Å². The molecule has 0 aromatic heterocycles. The minimum atomic E-state index is -0.369. The number of likely N-dealkylation sites (tertiary alicyclic amines) is 1. The molecule has 1 atom stereocenters. The number of piperidine rings is 1. The zero-order chi connectivity index (χ0) is 28.1. The first-order chi connectivity index (χ1) is 19.4. The van der Waals surface area contributed by atoms with E-state index in [0.717, 1.165) is 67.9 Å². The van der Waals surface area contributed by atoms with Gasteiger partial charge in [-0.2, -0.15) is 0 Å². The number of benzene rings is 3. The predicted molar refractivity (Wildman–Crippen MR) is 151 cm³/mol. The highest BCUT2D eigenvalue weighted by Gasteiger charge is 2.42. The highest BCUT2D eigenvalue weighted by Crippen LogP contribution is 2.46. The Labute approximate surface area is 236 Å². The Morgan fingerprint density at radius 3 is 2.05 bits per heavy atom. The molecule has 0 radical (unpaired) electrons. The Bertz CT molecular complexity index is 1210. The van der Waals surface area contributed by atoms with E-state index in [-0.39, 0.29) is 23.3 Å². The summed E-state index contributed by atoms with van der Waals surface area (Å²) in [6.45, 7) is 6.44. The Morgan fingerprint density at radius 1 is 0.900 bits per heavy atom. The summed E-state index contributed by atoms with van der Waals surface area (Å²) in [5.74, 6) is 1.34. The quantitative estimate of drug-likeness (QED) is 0.263. The van der Waals surface area contributed by atoms with Crippen LogP contribution in [0.15, 0.2) is 60.7 Å². The van der Waals surface area contributed by atoms with Crippen molar-refractivity contribution >= 4 is 0 Å². The van der Waals surface area contributed by atoms with Gasteiger partial charge >= 0.3 is 0 Å². The Morgan fingerprint density at radius 2 is 1.48 bits per heavy atom. The number of hydrogen-bond acceptors (Lipinski definition) is 5. The van der Waals surface area contributed by atoms with Crippen molar-refractivity contribution in [3.05, 3.63) is 94.6 Å². The van der Waals surface area contributed by atoms with Crippen LogP contribution in [0.25, 0.3) is 0 Å². The van der Waals surface area contributed by atoms with Gasteiger partial charge < -0.3 is 23.8 Å². The Balaban J connectivity index is 1.16. The zero-order valence-electron chi connectivity index (χ0n) is 23.6. The van der Waals surface area contributed by atoms with Crippen LogP contribution in [-0.4, -0.2) is 52.0 Å². The second-order valence-electron chi connectivity index (χ2n) is 10.9. The number of nitrogens with zero attached hydrogens (tertiary/aromatic N) is 1. The molecule has 0 aliphatic carbocycles. The lowest BCUT2D eigenvalue weighted by Crippen LogP contribution is -2.46. The van der Waals surface area contributed by atoms with Gasteiger partial charge in [-0.05, 0) is 110 Å². The molecule has 1 fully saturated rings. The molecule has 0 N–H and O–H groups in total. The monoisotopic (exact) mass is 551 g/mol. The number of methoxy groups -OCH3 is 2. The van der Waals surface area contributed by atoms with Crippen LogP contribution in [0.2, 0.25) is 0 Å². The summed E-state index contributed by atoms with van der Waals surface area (Å²) in [7, 11) is 3.35. The van der Waals surface area contributed by atoms with Crippen LogP contribution in [0, 0.1) is 17.6 Å². The molecular weight excluding hydrogens is 512 g/mol. The molecular formula is C33H39F2NO4. The normalized spacial score (nSPS) is 19.9. The maximum atomic E-state index is 13.5. The average Bonchev–Trinajstić information content (AvgIpc) is 2.98. The molecule has 3 aromatic carbocycles. The van der Waals surface area contributed by atoms with Gasteiger partial charge in [-0.25, -0.2) is 8.78 Å². The van der Waals surface area contributed by atoms with E-state index in [2.05, 4.69) is 24.0 Å². The fourth-order valence-corrected chi connectivity index (χ4v) is 6.24. The maximum absolute atomic E-state index is 13.5. The summed E-state index contributed by atoms with van der Waals surface area (Å²) in [5, 5.41) is 0. The molecule has 2 aliphatic heterocycles. The zero-order valence-corrected chi connectivity index (χ0v) is 23.6. The highest BCUT2D eigenvalue weighted by atomic mass is 19.1. The number of fused-ring (bicyclic) bond motifs is 1. The van der Waals surface area contributed by atoms with E-state index in [1.165, 1.54) is 35.4 Å². The van der Waals surface area contributed by atoms with Gasteiger partial charge in [-0.3, -0.25) is 0 Å². The lowest BCUT2D eigenvalue weighted by atomic mass is 9.74. The van der Waals surface area contributed by atoms with Crippen molar-refractivity contribution in [3.8, 4) is 11.5 Å².